The number of rotatable bonds is 6. The Labute approximate surface area is 166 Å². The molecular formula is C24H28N2O2. The van der Waals surface area contributed by atoms with E-state index in [4.69, 9.17) is 9.47 Å². The second-order valence-corrected chi connectivity index (χ2v) is 7.64. The van der Waals surface area contributed by atoms with Crippen LogP contribution in [0, 0.1) is 0 Å². The van der Waals surface area contributed by atoms with E-state index in [2.05, 4.69) is 66.3 Å². The van der Waals surface area contributed by atoms with E-state index < -0.39 is 0 Å². The lowest BCUT2D eigenvalue weighted by Crippen LogP contribution is -2.27. The van der Waals surface area contributed by atoms with Crippen molar-refractivity contribution in [1.82, 2.24) is 9.88 Å². The van der Waals surface area contributed by atoms with E-state index in [1.54, 1.807) is 7.11 Å². The van der Waals surface area contributed by atoms with Gasteiger partial charge in [-0.1, -0.05) is 18.2 Å². The van der Waals surface area contributed by atoms with Crippen LogP contribution in [0.4, 0.5) is 0 Å². The molecule has 0 amide bonds. The van der Waals surface area contributed by atoms with Crippen LogP contribution in [0.5, 0.6) is 11.5 Å². The number of methoxy groups -OCH3 is 1. The lowest BCUT2D eigenvalue weighted by Gasteiger charge is -2.26. The van der Waals surface area contributed by atoms with Crippen molar-refractivity contribution in [2.24, 2.45) is 0 Å². The predicted molar refractivity (Wildman–Crippen MR) is 115 cm³/mol. The highest BCUT2D eigenvalue weighted by atomic mass is 16.5. The lowest BCUT2D eigenvalue weighted by atomic mass is 9.98. The number of fused-ring (bicyclic) bond motifs is 1. The minimum Gasteiger partial charge on any atom is -0.497 e. The normalized spacial score (nSPS) is 15.1. The highest BCUT2D eigenvalue weighted by Crippen LogP contribution is 2.32. The van der Waals surface area contributed by atoms with E-state index in [0.29, 0.717) is 0 Å². The summed E-state index contributed by atoms with van der Waals surface area (Å²) < 4.78 is 11.2. The van der Waals surface area contributed by atoms with Gasteiger partial charge in [0.1, 0.15) is 11.5 Å². The van der Waals surface area contributed by atoms with Crippen LogP contribution < -0.4 is 9.47 Å². The molecule has 2 aromatic carbocycles. The first-order chi connectivity index (χ1) is 13.6. The Morgan fingerprint density at radius 3 is 2.75 bits per heavy atom. The van der Waals surface area contributed by atoms with Crippen LogP contribution >= 0.6 is 0 Å². The Hall–Kier alpha value is -2.72. The molecule has 1 aromatic heterocycles. The van der Waals surface area contributed by atoms with E-state index in [0.717, 1.165) is 43.1 Å². The predicted octanol–water partition coefficient (Wildman–Crippen LogP) is 5.25. The summed E-state index contributed by atoms with van der Waals surface area (Å²) in [4.78, 5) is 5.88. The fourth-order valence-corrected chi connectivity index (χ4v) is 3.84. The molecule has 0 spiro atoms. The Balaban J connectivity index is 1.50. The topological polar surface area (TPSA) is 37.5 Å². The standard InChI is InChI=1S/C24H28N2O2/c1-17(2)28-21-7-8-24-22(14-21)23(15-25-24)19-9-11-26(12-10-19)16-18-5-4-6-20(13-18)27-3/h4-9,13-15,17,25H,10-12,16H2,1-3H3. The molecule has 1 aliphatic heterocycles. The molecule has 1 aliphatic rings. The molecule has 0 saturated heterocycles. The summed E-state index contributed by atoms with van der Waals surface area (Å²) in [7, 11) is 1.72. The maximum Gasteiger partial charge on any atom is 0.120 e. The Bertz CT molecular complexity index is 987. The van der Waals surface area contributed by atoms with Crippen molar-refractivity contribution in [3.05, 3.63) is 65.9 Å². The van der Waals surface area contributed by atoms with Gasteiger partial charge < -0.3 is 14.5 Å². The summed E-state index contributed by atoms with van der Waals surface area (Å²) in [5.74, 6) is 1.85. The average molecular weight is 377 g/mol. The van der Waals surface area contributed by atoms with Crippen molar-refractivity contribution in [3.8, 4) is 11.5 Å². The van der Waals surface area contributed by atoms with Gasteiger partial charge >= 0.3 is 0 Å². The fraction of sp³-hybridized carbons (Fsp3) is 0.333. The zero-order valence-electron chi connectivity index (χ0n) is 16.9. The quantitative estimate of drug-likeness (QED) is 0.638. The van der Waals surface area contributed by atoms with Gasteiger partial charge in [0.05, 0.1) is 13.2 Å². The minimum atomic E-state index is 0.180. The molecular weight excluding hydrogens is 348 g/mol. The van der Waals surface area contributed by atoms with Crippen LogP contribution in [0.1, 0.15) is 31.4 Å². The van der Waals surface area contributed by atoms with Crippen molar-refractivity contribution in [2.45, 2.75) is 32.9 Å². The number of aromatic nitrogens is 1. The van der Waals surface area contributed by atoms with E-state index in [9.17, 15) is 0 Å². The van der Waals surface area contributed by atoms with Gasteiger partial charge in [-0.05, 0) is 61.7 Å². The van der Waals surface area contributed by atoms with E-state index in [1.807, 2.05) is 12.1 Å². The second-order valence-electron chi connectivity index (χ2n) is 7.64. The SMILES string of the molecule is COc1cccc(CN2CC=C(c3c[nH]c4ccc(OC(C)C)cc34)CC2)c1. The number of hydrogen-bond donors (Lipinski definition) is 1. The summed E-state index contributed by atoms with van der Waals surface area (Å²) in [5.41, 5.74) is 5.16. The van der Waals surface area contributed by atoms with Crippen molar-refractivity contribution in [2.75, 3.05) is 20.2 Å². The van der Waals surface area contributed by atoms with Crippen LogP contribution in [0.15, 0.2) is 54.7 Å². The maximum atomic E-state index is 5.88. The third-order valence-electron chi connectivity index (χ3n) is 5.20. The molecule has 2 heterocycles. The summed E-state index contributed by atoms with van der Waals surface area (Å²) >= 11 is 0. The number of benzene rings is 2. The molecule has 0 unspecified atom stereocenters. The van der Waals surface area contributed by atoms with Gasteiger partial charge in [-0.25, -0.2) is 0 Å². The molecule has 146 valence electrons. The van der Waals surface area contributed by atoms with Gasteiger partial charge in [0.15, 0.2) is 0 Å². The molecule has 4 heteroatoms. The van der Waals surface area contributed by atoms with E-state index in [1.165, 1.54) is 22.1 Å². The van der Waals surface area contributed by atoms with Crippen LogP contribution in [-0.2, 0) is 6.54 Å². The third-order valence-corrected chi connectivity index (χ3v) is 5.20. The van der Waals surface area contributed by atoms with E-state index in [-0.39, 0.29) is 6.10 Å². The average Bonchev–Trinajstić information content (AvgIpc) is 3.11. The Morgan fingerprint density at radius 2 is 2.00 bits per heavy atom. The molecule has 0 bridgehead atoms. The number of nitrogens with one attached hydrogen (secondary N) is 1. The zero-order valence-corrected chi connectivity index (χ0v) is 16.9. The largest absolute Gasteiger partial charge is 0.497 e. The summed E-state index contributed by atoms with van der Waals surface area (Å²) in [6, 6.07) is 14.6. The molecule has 4 nitrogen and oxygen atoms in total. The lowest BCUT2D eigenvalue weighted by molar-refractivity contribution is 0.243. The maximum absolute atomic E-state index is 5.88. The molecule has 3 aromatic rings. The van der Waals surface area contributed by atoms with Crippen LogP contribution in [0.3, 0.4) is 0 Å². The molecule has 1 N–H and O–H groups in total. The minimum absolute atomic E-state index is 0.180. The van der Waals surface area contributed by atoms with Crippen molar-refractivity contribution < 1.29 is 9.47 Å². The van der Waals surface area contributed by atoms with Gasteiger partial charge in [-0.3, -0.25) is 4.90 Å². The summed E-state index contributed by atoms with van der Waals surface area (Å²) in [6.45, 7) is 7.08. The first kappa shape index (κ1) is 18.6. The van der Waals surface area contributed by atoms with Crippen molar-refractivity contribution in [3.63, 3.8) is 0 Å². The van der Waals surface area contributed by atoms with Crippen LogP contribution in [0.25, 0.3) is 16.5 Å². The number of nitrogens with zero attached hydrogens (tertiary/aromatic N) is 1. The molecule has 4 rings (SSSR count). The third kappa shape index (κ3) is 4.07. The molecule has 0 saturated carbocycles. The fourth-order valence-electron chi connectivity index (χ4n) is 3.84. The summed E-state index contributed by atoms with van der Waals surface area (Å²) in [5, 5.41) is 1.24. The molecule has 0 fully saturated rings. The smallest absolute Gasteiger partial charge is 0.120 e. The van der Waals surface area contributed by atoms with Crippen LogP contribution in [0.2, 0.25) is 0 Å². The molecule has 0 radical (unpaired) electrons. The van der Waals surface area contributed by atoms with Crippen LogP contribution in [-0.4, -0.2) is 36.2 Å². The molecule has 0 atom stereocenters. The van der Waals surface area contributed by atoms with Gasteiger partial charge in [0.25, 0.3) is 0 Å². The summed E-state index contributed by atoms with van der Waals surface area (Å²) in [6.07, 6.45) is 5.72. The zero-order chi connectivity index (χ0) is 19.5. The second kappa shape index (κ2) is 8.11. The first-order valence-corrected chi connectivity index (χ1v) is 9.95. The highest BCUT2D eigenvalue weighted by Gasteiger charge is 2.16. The number of aromatic amines is 1. The van der Waals surface area contributed by atoms with Gasteiger partial charge in [-0.2, -0.15) is 0 Å². The first-order valence-electron chi connectivity index (χ1n) is 9.95. The Kier molecular flexibility index (Phi) is 5.40. The highest BCUT2D eigenvalue weighted by molar-refractivity contribution is 5.93. The monoisotopic (exact) mass is 376 g/mol. The van der Waals surface area contributed by atoms with E-state index >= 15 is 0 Å². The van der Waals surface area contributed by atoms with Crippen molar-refractivity contribution in [1.29, 1.82) is 0 Å². The number of ether oxygens (including phenoxy) is 2. The van der Waals surface area contributed by atoms with Gasteiger partial charge in [0, 0.05) is 42.3 Å². The van der Waals surface area contributed by atoms with Crippen molar-refractivity contribution >= 4 is 16.5 Å². The van der Waals surface area contributed by atoms with Gasteiger partial charge in [0.2, 0.25) is 0 Å². The molecule has 28 heavy (non-hydrogen) atoms. The number of H-pyrrole nitrogens is 1. The van der Waals surface area contributed by atoms with Gasteiger partial charge in [-0.15, -0.1) is 0 Å². The number of hydrogen-bond acceptors (Lipinski definition) is 3. The molecule has 0 aliphatic carbocycles. The Morgan fingerprint density at radius 1 is 1.11 bits per heavy atom.